The van der Waals surface area contributed by atoms with Crippen LogP contribution in [0.25, 0.3) is 0 Å². The third-order valence-corrected chi connectivity index (χ3v) is 3.29. The Hall–Kier alpha value is -2.92. The number of hydrogen-bond donors (Lipinski definition) is 10. The molecule has 0 saturated carbocycles. The Morgan fingerprint density at radius 1 is 0.519 bits per heavy atom. The van der Waals surface area contributed by atoms with Gasteiger partial charge in [0, 0.05) is 0 Å². The average Bonchev–Trinajstić information content (AvgIpc) is 2.31. The molecule has 16 N–H and O–H groups in total. The minimum atomic E-state index is -5.05. The van der Waals surface area contributed by atoms with E-state index in [-0.39, 0.29) is 35.7 Å². The molecule has 0 amide bonds. The van der Waals surface area contributed by atoms with Crippen molar-refractivity contribution in [2.45, 2.75) is 0 Å². The number of phosphoric acid groups is 2. The van der Waals surface area contributed by atoms with Gasteiger partial charge in [0.15, 0.2) is 0 Å². The van der Waals surface area contributed by atoms with Gasteiger partial charge in [-0.25, -0.2) is 9.13 Å². The maximum Gasteiger partial charge on any atom is 0.478 e. The predicted molar refractivity (Wildman–Crippen MR) is 91.3 cm³/mol. The summed E-state index contributed by atoms with van der Waals surface area (Å²) in [6.07, 6.45) is 0. The Morgan fingerprint density at radius 3 is 0.741 bits per heavy atom. The predicted octanol–water partition coefficient (Wildman–Crippen LogP) is -3.58. The van der Waals surface area contributed by atoms with E-state index in [0.29, 0.717) is 0 Å². The summed E-state index contributed by atoms with van der Waals surface area (Å²) in [6.45, 7) is 0. The van der Waals surface area contributed by atoms with Crippen molar-refractivity contribution in [3.63, 3.8) is 0 Å². The zero-order chi connectivity index (χ0) is 21.4. The van der Waals surface area contributed by atoms with Crippen molar-refractivity contribution in [1.82, 2.24) is 29.9 Å². The first-order chi connectivity index (χ1) is 12.1. The summed E-state index contributed by atoms with van der Waals surface area (Å²) in [4.78, 5) is 51.9. The minimum absolute atomic E-state index is 0.0417. The van der Waals surface area contributed by atoms with Gasteiger partial charge in [0.2, 0.25) is 35.7 Å². The zero-order valence-corrected chi connectivity index (χ0v) is 14.8. The van der Waals surface area contributed by atoms with Crippen LogP contribution in [0.15, 0.2) is 0 Å². The van der Waals surface area contributed by atoms with Crippen molar-refractivity contribution in [2.24, 2.45) is 0 Å². The lowest BCUT2D eigenvalue weighted by Gasteiger charge is -2.03. The fraction of sp³-hybridized carbons (Fsp3) is 0. The first kappa shape index (κ1) is 24.1. The summed E-state index contributed by atoms with van der Waals surface area (Å²) in [5.74, 6) is 0.250. The van der Waals surface area contributed by atoms with Crippen LogP contribution in [0.5, 0.6) is 0 Å². The van der Waals surface area contributed by atoms with Crippen LogP contribution in [0.3, 0.4) is 0 Å². The van der Waals surface area contributed by atoms with E-state index >= 15 is 0 Å². The van der Waals surface area contributed by atoms with Crippen LogP contribution >= 0.6 is 15.6 Å². The monoisotopic (exact) mass is 430 g/mol. The average molecular weight is 430 g/mol. The molecule has 2 rings (SSSR count). The summed E-state index contributed by atoms with van der Waals surface area (Å²) >= 11 is 0. The van der Waals surface area contributed by atoms with Crippen LogP contribution in [0, 0.1) is 0 Å². The van der Waals surface area contributed by atoms with Crippen molar-refractivity contribution >= 4 is 51.3 Å². The molecular weight excluding hydrogens is 414 g/mol. The number of hydrogen-bond acceptors (Lipinski definition) is 15. The Balaban J connectivity index is 0.000000376. The first-order valence-corrected chi connectivity index (χ1v) is 9.01. The molecule has 0 aliphatic heterocycles. The largest absolute Gasteiger partial charge is 0.478 e. The van der Waals surface area contributed by atoms with Crippen molar-refractivity contribution in [3.8, 4) is 0 Å². The van der Waals surface area contributed by atoms with Gasteiger partial charge in [-0.1, -0.05) is 0 Å². The number of aromatic nitrogens is 6. The highest BCUT2D eigenvalue weighted by molar-refractivity contribution is 7.60. The van der Waals surface area contributed by atoms with Gasteiger partial charge in [-0.15, -0.1) is 0 Å². The number of nitrogens with two attached hydrogens (primary N) is 6. The van der Waals surface area contributed by atoms with Crippen molar-refractivity contribution in [1.29, 1.82) is 0 Å². The SMILES string of the molecule is Nc1nc(N)nc(N)n1.Nc1nc(N)nc(N)n1.O=P(O)(O)OP(=O)(O)O. The molecule has 0 aliphatic carbocycles. The van der Waals surface area contributed by atoms with Crippen LogP contribution in [-0.2, 0) is 13.4 Å². The fourth-order valence-electron chi connectivity index (χ4n) is 0.993. The molecule has 21 heteroatoms. The van der Waals surface area contributed by atoms with E-state index in [2.05, 4.69) is 34.2 Å². The minimum Gasteiger partial charge on any atom is -0.368 e. The molecule has 0 aromatic carbocycles. The summed E-state index contributed by atoms with van der Waals surface area (Å²) in [6, 6.07) is 0. The molecule has 2 aromatic rings. The number of anilines is 6. The second kappa shape index (κ2) is 9.69. The molecule has 0 fully saturated rings. The smallest absolute Gasteiger partial charge is 0.368 e. The molecule has 152 valence electrons. The second-order valence-electron chi connectivity index (χ2n) is 3.88. The molecule has 2 heterocycles. The highest BCUT2D eigenvalue weighted by Crippen LogP contribution is 2.53. The Bertz CT molecular complexity index is 684. The van der Waals surface area contributed by atoms with Crippen LogP contribution in [-0.4, -0.2) is 49.5 Å². The molecule has 0 aliphatic rings. The quantitative estimate of drug-likeness (QED) is 0.206. The van der Waals surface area contributed by atoms with Crippen LogP contribution in [0.2, 0.25) is 0 Å². The van der Waals surface area contributed by atoms with Crippen LogP contribution in [0.4, 0.5) is 35.7 Å². The number of nitrogen functional groups attached to an aromatic ring is 6. The molecule has 2 aromatic heterocycles. The van der Waals surface area contributed by atoms with E-state index in [0.717, 1.165) is 0 Å². The lowest BCUT2D eigenvalue weighted by molar-refractivity contribution is 0.225. The molecule has 0 unspecified atom stereocenters. The van der Waals surface area contributed by atoms with Crippen LogP contribution in [0.1, 0.15) is 0 Å². The Morgan fingerprint density at radius 2 is 0.667 bits per heavy atom. The summed E-state index contributed by atoms with van der Waals surface area (Å²) in [7, 11) is -10.1. The topological polar surface area (TPSA) is 358 Å². The van der Waals surface area contributed by atoms with Gasteiger partial charge in [0.05, 0.1) is 0 Å². The molecule has 19 nitrogen and oxygen atoms in total. The molecule has 0 bridgehead atoms. The van der Waals surface area contributed by atoms with Gasteiger partial charge >= 0.3 is 15.6 Å². The van der Waals surface area contributed by atoms with Gasteiger partial charge in [-0.05, 0) is 0 Å². The van der Waals surface area contributed by atoms with E-state index in [1.807, 2.05) is 0 Å². The maximum absolute atomic E-state index is 9.63. The standard InChI is InChI=1S/2C3H6N6.H4O7P2/c2*4-1-7-2(5)9-3(6)8-1;1-8(2,3)7-9(4,5)6/h2*(H6,4,5,6,7,8,9);(H2,1,2,3)(H2,4,5,6). The van der Waals surface area contributed by atoms with Gasteiger partial charge in [-0.3, -0.25) is 0 Å². The van der Waals surface area contributed by atoms with E-state index in [1.165, 1.54) is 0 Å². The number of rotatable bonds is 2. The van der Waals surface area contributed by atoms with Gasteiger partial charge in [0.25, 0.3) is 0 Å². The van der Waals surface area contributed by atoms with Crippen molar-refractivity contribution in [2.75, 3.05) is 34.4 Å². The normalized spacial score (nSPS) is 10.8. The molecule has 27 heavy (non-hydrogen) atoms. The molecular formula is C6H16N12O7P2. The molecule has 0 radical (unpaired) electrons. The lowest BCUT2D eigenvalue weighted by atomic mass is 10.9. The summed E-state index contributed by atoms with van der Waals surface area (Å²) in [5, 5.41) is 0. The first-order valence-electron chi connectivity index (χ1n) is 5.95. The molecule has 0 atom stereocenters. The third kappa shape index (κ3) is 14.0. The van der Waals surface area contributed by atoms with E-state index < -0.39 is 15.6 Å². The molecule has 0 saturated heterocycles. The summed E-state index contributed by atoms with van der Waals surface area (Å²) < 4.78 is 22.2. The molecule has 0 spiro atoms. The highest BCUT2D eigenvalue weighted by Gasteiger charge is 2.27. The summed E-state index contributed by atoms with van der Waals surface area (Å²) in [5.41, 5.74) is 30.8. The van der Waals surface area contributed by atoms with Crippen molar-refractivity contribution in [3.05, 3.63) is 0 Å². The van der Waals surface area contributed by atoms with E-state index in [9.17, 15) is 9.13 Å². The third-order valence-electron chi connectivity index (χ3n) is 1.59. The lowest BCUT2D eigenvalue weighted by Crippen LogP contribution is -2.05. The zero-order valence-electron chi connectivity index (χ0n) is 13.1. The van der Waals surface area contributed by atoms with Crippen LogP contribution < -0.4 is 34.4 Å². The van der Waals surface area contributed by atoms with Gasteiger partial charge in [-0.2, -0.15) is 34.2 Å². The van der Waals surface area contributed by atoms with Gasteiger partial charge in [0.1, 0.15) is 0 Å². The van der Waals surface area contributed by atoms with Gasteiger partial charge < -0.3 is 54.0 Å². The highest BCUT2D eigenvalue weighted by atomic mass is 31.3. The Kier molecular flexibility index (Phi) is 8.64. The van der Waals surface area contributed by atoms with Crippen molar-refractivity contribution < 1.29 is 33.0 Å². The van der Waals surface area contributed by atoms with E-state index in [1.54, 1.807) is 0 Å². The Labute approximate surface area is 149 Å². The maximum atomic E-state index is 9.63. The number of nitrogens with zero attached hydrogens (tertiary/aromatic N) is 6. The fourth-order valence-corrected chi connectivity index (χ4v) is 2.10. The second-order valence-corrected chi connectivity index (χ2v) is 6.50. The van der Waals surface area contributed by atoms with E-state index in [4.69, 9.17) is 54.0 Å².